The Morgan fingerprint density at radius 3 is 2.53 bits per heavy atom. The summed E-state index contributed by atoms with van der Waals surface area (Å²) in [5, 5.41) is 9.37. The number of halogens is 3. The number of aromatic nitrogens is 2. The van der Waals surface area contributed by atoms with Crippen molar-refractivity contribution in [1.82, 2.24) is 9.97 Å². The van der Waals surface area contributed by atoms with Crippen molar-refractivity contribution in [3.05, 3.63) is 29.7 Å². The molecule has 0 saturated carbocycles. The highest BCUT2D eigenvalue weighted by Crippen LogP contribution is 2.30. The smallest absolute Gasteiger partial charge is 0.451 e. The molecule has 17 heavy (non-hydrogen) atoms. The van der Waals surface area contributed by atoms with Crippen LogP contribution in [0, 0.1) is 0 Å². The van der Waals surface area contributed by atoms with Gasteiger partial charge in [0.2, 0.25) is 5.82 Å². The average molecular weight is 242 g/mol. The molecule has 0 unspecified atom stereocenters. The van der Waals surface area contributed by atoms with Crippen LogP contribution in [0.25, 0.3) is 10.9 Å². The summed E-state index contributed by atoms with van der Waals surface area (Å²) in [6.45, 7) is 0. The molecule has 1 N–H and O–H groups in total. The van der Waals surface area contributed by atoms with Crippen LogP contribution in [0.3, 0.4) is 0 Å². The van der Waals surface area contributed by atoms with E-state index in [0.29, 0.717) is 0 Å². The summed E-state index contributed by atoms with van der Waals surface area (Å²) in [6.07, 6.45) is -4.59. The largest absolute Gasteiger partial charge is 0.507 e. The van der Waals surface area contributed by atoms with E-state index in [1.54, 1.807) is 0 Å². The fourth-order valence-corrected chi connectivity index (χ4v) is 1.41. The molecule has 0 radical (unpaired) electrons. The average Bonchev–Trinajstić information content (AvgIpc) is 2.26. The van der Waals surface area contributed by atoms with E-state index in [0.717, 1.165) is 0 Å². The number of fused-ring (bicyclic) bond motifs is 1. The Morgan fingerprint density at radius 1 is 1.24 bits per heavy atom. The number of benzene rings is 1. The van der Waals surface area contributed by atoms with Crippen molar-refractivity contribution in [2.24, 2.45) is 0 Å². The topological polar surface area (TPSA) is 63.1 Å². The van der Waals surface area contributed by atoms with Gasteiger partial charge in [0, 0.05) is 0 Å². The molecule has 2 aromatic rings. The molecule has 1 aromatic carbocycles. The van der Waals surface area contributed by atoms with Crippen LogP contribution in [0.2, 0.25) is 0 Å². The van der Waals surface area contributed by atoms with Crippen LogP contribution in [-0.4, -0.2) is 21.4 Å². The van der Waals surface area contributed by atoms with Crippen LogP contribution in [0.5, 0.6) is 5.75 Å². The summed E-state index contributed by atoms with van der Waals surface area (Å²) in [6, 6.07) is 3.84. The Kier molecular flexibility index (Phi) is 2.45. The van der Waals surface area contributed by atoms with Gasteiger partial charge in [-0.15, -0.1) is 0 Å². The zero-order chi connectivity index (χ0) is 12.6. The second-order valence-corrected chi connectivity index (χ2v) is 3.22. The van der Waals surface area contributed by atoms with Gasteiger partial charge in [0.05, 0.1) is 10.9 Å². The summed E-state index contributed by atoms with van der Waals surface area (Å²) >= 11 is 0. The fraction of sp³-hybridized carbons (Fsp3) is 0.100. The first-order chi connectivity index (χ1) is 7.93. The van der Waals surface area contributed by atoms with Gasteiger partial charge in [0.15, 0.2) is 6.29 Å². The molecule has 7 heteroatoms. The number of carbonyl (C=O) groups excluding carboxylic acids is 1. The molecule has 0 aliphatic heterocycles. The molecule has 88 valence electrons. The first-order valence-corrected chi connectivity index (χ1v) is 4.45. The van der Waals surface area contributed by atoms with Crippen molar-refractivity contribution < 1.29 is 23.1 Å². The summed E-state index contributed by atoms with van der Waals surface area (Å²) in [5.74, 6) is -1.74. The molecule has 0 aliphatic rings. The molecule has 0 aliphatic carbocycles. The van der Waals surface area contributed by atoms with Gasteiger partial charge < -0.3 is 5.11 Å². The quantitative estimate of drug-likeness (QED) is 0.778. The van der Waals surface area contributed by atoms with Crippen LogP contribution < -0.4 is 0 Å². The van der Waals surface area contributed by atoms with Gasteiger partial charge in [0.25, 0.3) is 0 Å². The minimum atomic E-state index is -4.74. The third-order valence-electron chi connectivity index (χ3n) is 2.09. The van der Waals surface area contributed by atoms with Gasteiger partial charge in [-0.1, -0.05) is 6.07 Å². The van der Waals surface area contributed by atoms with Crippen LogP contribution >= 0.6 is 0 Å². The Hall–Kier alpha value is -2.18. The van der Waals surface area contributed by atoms with Gasteiger partial charge in [-0.2, -0.15) is 13.2 Å². The van der Waals surface area contributed by atoms with Crippen molar-refractivity contribution in [1.29, 1.82) is 0 Å². The molecule has 4 nitrogen and oxygen atoms in total. The predicted octanol–water partition coefficient (Wildman–Crippen LogP) is 2.17. The summed E-state index contributed by atoms with van der Waals surface area (Å²) < 4.78 is 37.3. The number of nitrogens with zero attached hydrogens (tertiary/aromatic N) is 2. The number of alkyl halides is 3. The maximum Gasteiger partial charge on any atom is 0.451 e. The Morgan fingerprint density at radius 2 is 1.94 bits per heavy atom. The number of rotatable bonds is 1. The summed E-state index contributed by atoms with van der Waals surface area (Å²) in [4.78, 5) is 17.0. The van der Waals surface area contributed by atoms with Crippen molar-refractivity contribution >= 4 is 17.2 Å². The Bertz CT molecular complexity index is 596. The van der Waals surface area contributed by atoms with Gasteiger partial charge in [-0.05, 0) is 12.1 Å². The molecular formula is C10H5F3N2O2. The van der Waals surface area contributed by atoms with Gasteiger partial charge in [-0.25, -0.2) is 9.97 Å². The normalized spacial score (nSPS) is 11.7. The zero-order valence-corrected chi connectivity index (χ0v) is 8.19. The number of aromatic hydroxyl groups is 1. The molecule has 2 rings (SSSR count). The predicted molar refractivity (Wildman–Crippen MR) is 51.6 cm³/mol. The van der Waals surface area contributed by atoms with E-state index in [-0.39, 0.29) is 22.9 Å². The highest BCUT2D eigenvalue weighted by molar-refractivity contribution is 5.98. The summed E-state index contributed by atoms with van der Waals surface area (Å²) in [5.41, 5.74) is -0.616. The van der Waals surface area contributed by atoms with E-state index < -0.39 is 17.7 Å². The Balaban J connectivity index is 2.85. The van der Waals surface area contributed by atoms with Crippen LogP contribution in [-0.2, 0) is 6.18 Å². The summed E-state index contributed by atoms with van der Waals surface area (Å²) in [7, 11) is 0. The third-order valence-corrected chi connectivity index (χ3v) is 2.09. The van der Waals surface area contributed by atoms with Crippen molar-refractivity contribution in [3.63, 3.8) is 0 Å². The van der Waals surface area contributed by atoms with E-state index in [9.17, 15) is 23.1 Å². The minimum absolute atomic E-state index is 0.0875. The SMILES string of the molecule is O=Cc1nc(C(F)(F)F)nc2cccc(O)c12. The number of hydrogen-bond donors (Lipinski definition) is 1. The lowest BCUT2D eigenvalue weighted by Crippen LogP contribution is -2.12. The maximum absolute atomic E-state index is 12.4. The number of hydrogen-bond acceptors (Lipinski definition) is 4. The molecule has 0 bridgehead atoms. The Labute approximate surface area is 92.7 Å². The lowest BCUT2D eigenvalue weighted by Gasteiger charge is -2.08. The molecule has 0 atom stereocenters. The van der Waals surface area contributed by atoms with Crippen molar-refractivity contribution in [2.75, 3.05) is 0 Å². The van der Waals surface area contributed by atoms with Crippen LogP contribution in [0.4, 0.5) is 13.2 Å². The molecular weight excluding hydrogens is 237 g/mol. The van der Waals surface area contributed by atoms with Gasteiger partial charge in [-0.3, -0.25) is 4.79 Å². The molecule has 1 heterocycles. The lowest BCUT2D eigenvalue weighted by molar-refractivity contribution is -0.144. The number of carbonyl (C=O) groups is 1. The molecule has 0 spiro atoms. The number of aldehydes is 1. The highest BCUT2D eigenvalue weighted by Gasteiger charge is 2.35. The first kappa shape index (κ1) is 11.3. The highest BCUT2D eigenvalue weighted by atomic mass is 19.4. The third kappa shape index (κ3) is 1.91. The van der Waals surface area contributed by atoms with E-state index >= 15 is 0 Å². The molecule has 1 aromatic heterocycles. The van der Waals surface area contributed by atoms with E-state index in [4.69, 9.17) is 0 Å². The fourth-order valence-electron chi connectivity index (χ4n) is 1.41. The zero-order valence-electron chi connectivity index (χ0n) is 8.19. The van der Waals surface area contributed by atoms with Crippen molar-refractivity contribution in [3.8, 4) is 5.75 Å². The minimum Gasteiger partial charge on any atom is -0.507 e. The van der Waals surface area contributed by atoms with E-state index in [1.807, 2.05) is 0 Å². The second kappa shape index (κ2) is 3.69. The number of phenolic OH excluding ortho intramolecular Hbond substituents is 1. The second-order valence-electron chi connectivity index (χ2n) is 3.22. The number of phenols is 1. The monoisotopic (exact) mass is 242 g/mol. The molecule has 0 amide bonds. The first-order valence-electron chi connectivity index (χ1n) is 4.45. The standard InChI is InChI=1S/C10H5F3N2O2/c11-10(12,13)9-14-5-2-1-3-7(17)8(5)6(4-16)15-9/h1-4,17H. The molecule has 0 fully saturated rings. The van der Waals surface area contributed by atoms with E-state index in [1.165, 1.54) is 18.2 Å². The van der Waals surface area contributed by atoms with E-state index in [2.05, 4.69) is 9.97 Å². The van der Waals surface area contributed by atoms with Crippen molar-refractivity contribution in [2.45, 2.75) is 6.18 Å². The van der Waals surface area contributed by atoms with Crippen LogP contribution in [0.15, 0.2) is 18.2 Å². The van der Waals surface area contributed by atoms with Gasteiger partial charge >= 0.3 is 6.18 Å². The van der Waals surface area contributed by atoms with Gasteiger partial charge in [0.1, 0.15) is 11.4 Å². The maximum atomic E-state index is 12.4. The lowest BCUT2D eigenvalue weighted by atomic mass is 10.1. The molecule has 0 saturated heterocycles. The van der Waals surface area contributed by atoms with Crippen LogP contribution in [0.1, 0.15) is 16.3 Å².